The van der Waals surface area contributed by atoms with Crippen LogP contribution in [0.4, 0.5) is 0 Å². The van der Waals surface area contributed by atoms with Gasteiger partial charge in [-0.25, -0.2) is 0 Å². The van der Waals surface area contributed by atoms with Gasteiger partial charge in [-0.2, -0.15) is 0 Å². The number of aromatic nitrogens is 4. The van der Waals surface area contributed by atoms with E-state index in [-0.39, 0.29) is 17.5 Å². The molecule has 0 atom stereocenters. The number of fused-ring (bicyclic) bond motifs is 2. The van der Waals surface area contributed by atoms with Crippen LogP contribution in [-0.2, 0) is 6.54 Å². The average Bonchev–Trinajstić information content (AvgIpc) is 4.10. The molecule has 13 nitrogen and oxygen atoms in total. The molecule has 8 rings (SSSR count). The van der Waals surface area contributed by atoms with E-state index in [1.54, 1.807) is 18.3 Å². The molecule has 0 radical (unpaired) electrons. The second-order valence-corrected chi connectivity index (χ2v) is 12.8. The topological polar surface area (TPSA) is 197 Å². The lowest BCUT2D eigenvalue weighted by molar-refractivity contribution is 0.0936. The van der Waals surface area contributed by atoms with Crippen LogP contribution in [0.25, 0.3) is 44.5 Å². The summed E-state index contributed by atoms with van der Waals surface area (Å²) in [5, 5.41) is 18.9. The Balaban J connectivity index is 0.000000161. The first kappa shape index (κ1) is 39.6. The number of hydrogen-bond donors (Lipinski definition) is 6. The lowest BCUT2D eigenvalue weighted by Gasteiger charge is -2.05. The van der Waals surface area contributed by atoms with Gasteiger partial charge >= 0.3 is 0 Å². The predicted octanol–water partition coefficient (Wildman–Crippen LogP) is 7.13. The molecule has 7 N–H and O–H groups in total. The van der Waals surface area contributed by atoms with E-state index in [4.69, 9.17) is 14.8 Å². The monoisotopic (exact) mass is 764 g/mol. The third-order valence-electron chi connectivity index (χ3n) is 8.82. The molecule has 13 heteroatoms. The van der Waals surface area contributed by atoms with Gasteiger partial charge in [-0.15, -0.1) is 0 Å². The van der Waals surface area contributed by atoms with Crippen LogP contribution >= 0.6 is 0 Å². The van der Waals surface area contributed by atoms with Crippen LogP contribution in [0.2, 0.25) is 0 Å². The fourth-order valence-corrected chi connectivity index (χ4v) is 5.83. The molecule has 0 saturated carbocycles. The SMILES string of the molecule is NCCCNC(=O)c1cc(-c2ccccc2)on1.O=C(NCCCNCc1c[nH]c2ccccc12)c1cc(-c2ccccc2)on1.O=Cc1c[nH]c2ccccc12. The van der Waals surface area contributed by atoms with Gasteiger partial charge < -0.3 is 40.7 Å². The number of rotatable bonds is 14. The summed E-state index contributed by atoms with van der Waals surface area (Å²) in [5.41, 5.74) is 11.8. The summed E-state index contributed by atoms with van der Waals surface area (Å²) in [6.07, 6.45) is 6.19. The van der Waals surface area contributed by atoms with Crippen LogP contribution in [-0.4, -0.2) is 64.6 Å². The minimum Gasteiger partial charge on any atom is -0.361 e. The second-order valence-electron chi connectivity index (χ2n) is 12.8. The Hall–Kier alpha value is -7.09. The number of nitrogens with zero attached hydrogens (tertiary/aromatic N) is 2. The van der Waals surface area contributed by atoms with Gasteiger partial charge in [-0.05, 0) is 43.6 Å². The Morgan fingerprint density at radius 2 is 1.14 bits per heavy atom. The van der Waals surface area contributed by atoms with Crippen molar-refractivity contribution < 1.29 is 23.4 Å². The maximum atomic E-state index is 12.2. The summed E-state index contributed by atoms with van der Waals surface area (Å²) in [6, 6.07) is 38.4. The molecule has 0 aliphatic rings. The van der Waals surface area contributed by atoms with Gasteiger partial charge in [0.1, 0.15) is 0 Å². The summed E-state index contributed by atoms with van der Waals surface area (Å²) >= 11 is 0. The number of amides is 2. The largest absolute Gasteiger partial charge is 0.361 e. The van der Waals surface area contributed by atoms with Crippen molar-refractivity contribution in [3.8, 4) is 22.6 Å². The zero-order valence-electron chi connectivity index (χ0n) is 31.2. The van der Waals surface area contributed by atoms with Crippen molar-refractivity contribution in [1.29, 1.82) is 0 Å². The molecule has 4 aromatic carbocycles. The first-order chi connectivity index (χ1) is 28.0. The van der Waals surface area contributed by atoms with E-state index in [0.29, 0.717) is 36.8 Å². The Morgan fingerprint density at radius 1 is 0.632 bits per heavy atom. The van der Waals surface area contributed by atoms with Crippen LogP contribution in [0.5, 0.6) is 0 Å². The van der Waals surface area contributed by atoms with Crippen molar-refractivity contribution in [2.45, 2.75) is 19.4 Å². The summed E-state index contributed by atoms with van der Waals surface area (Å²) < 4.78 is 10.4. The van der Waals surface area contributed by atoms with Gasteiger partial charge in [0, 0.05) is 82.7 Å². The number of aromatic amines is 2. The van der Waals surface area contributed by atoms with Crippen LogP contribution in [0.1, 0.15) is 49.7 Å². The first-order valence-corrected chi connectivity index (χ1v) is 18.6. The minimum absolute atomic E-state index is 0.220. The predicted molar refractivity (Wildman–Crippen MR) is 221 cm³/mol. The normalized spacial score (nSPS) is 10.6. The summed E-state index contributed by atoms with van der Waals surface area (Å²) in [7, 11) is 0. The fourth-order valence-electron chi connectivity index (χ4n) is 5.83. The third kappa shape index (κ3) is 11.0. The number of carbonyl (C=O) groups is 3. The lowest BCUT2D eigenvalue weighted by atomic mass is 10.1. The fraction of sp³-hybridized carbons (Fsp3) is 0.159. The third-order valence-corrected chi connectivity index (χ3v) is 8.82. The van der Waals surface area contributed by atoms with Crippen molar-refractivity contribution in [1.82, 2.24) is 36.2 Å². The number of nitrogens with two attached hydrogens (primary N) is 1. The van der Waals surface area contributed by atoms with Gasteiger partial charge in [0.05, 0.1) is 0 Å². The number of carbonyl (C=O) groups excluding carboxylic acids is 3. The van der Waals surface area contributed by atoms with Crippen molar-refractivity contribution in [3.63, 3.8) is 0 Å². The van der Waals surface area contributed by atoms with Crippen LogP contribution < -0.4 is 21.7 Å². The molecule has 0 fully saturated rings. The number of H-pyrrole nitrogens is 2. The smallest absolute Gasteiger partial charge is 0.273 e. The highest BCUT2D eigenvalue weighted by Crippen LogP contribution is 2.21. The molecule has 57 heavy (non-hydrogen) atoms. The molecular formula is C44H44N8O5. The lowest BCUT2D eigenvalue weighted by Crippen LogP contribution is -2.27. The van der Waals surface area contributed by atoms with E-state index in [9.17, 15) is 14.4 Å². The molecule has 0 unspecified atom stereocenters. The van der Waals surface area contributed by atoms with Gasteiger partial charge in [0.25, 0.3) is 11.8 Å². The van der Waals surface area contributed by atoms with E-state index in [0.717, 1.165) is 65.3 Å². The molecule has 2 amide bonds. The summed E-state index contributed by atoms with van der Waals surface area (Å²) in [4.78, 5) is 40.6. The average molecular weight is 765 g/mol. The van der Waals surface area contributed by atoms with E-state index >= 15 is 0 Å². The Labute approximate surface area is 329 Å². The first-order valence-electron chi connectivity index (χ1n) is 18.6. The highest BCUT2D eigenvalue weighted by Gasteiger charge is 2.14. The Kier molecular flexibility index (Phi) is 14.3. The van der Waals surface area contributed by atoms with Crippen molar-refractivity contribution in [2.75, 3.05) is 26.2 Å². The van der Waals surface area contributed by atoms with Crippen molar-refractivity contribution in [2.24, 2.45) is 5.73 Å². The molecule has 8 aromatic rings. The molecule has 0 aliphatic heterocycles. The summed E-state index contributed by atoms with van der Waals surface area (Å²) in [6.45, 7) is 3.28. The van der Waals surface area contributed by atoms with Gasteiger partial charge in [0.2, 0.25) is 0 Å². The standard InChI is InChI=1S/C22H22N4O2.C13H15N3O2.C9H7NO/c27-22(20-13-21(28-26-20)16-7-2-1-3-8-16)24-12-6-11-23-14-17-15-25-19-10-5-4-9-18(17)19;14-7-4-8-15-13(17)11-9-12(18-16-11)10-5-2-1-3-6-10;11-6-7-5-10-9-4-2-1-3-8(7)9/h1-5,7-10,13,15,23,25H,6,11-12,14H2,(H,24,27);1-3,5-6,9H,4,7-8,14H2,(H,15,17);1-6,10H. The minimum atomic E-state index is -0.241. The molecule has 0 spiro atoms. The molecule has 0 saturated heterocycles. The number of nitrogens with one attached hydrogen (secondary N) is 5. The second kappa shape index (κ2) is 20.6. The number of para-hydroxylation sites is 2. The number of hydrogen-bond acceptors (Lipinski definition) is 9. The maximum Gasteiger partial charge on any atom is 0.273 e. The zero-order chi connectivity index (χ0) is 39.7. The van der Waals surface area contributed by atoms with E-state index in [1.165, 1.54) is 10.9 Å². The highest BCUT2D eigenvalue weighted by molar-refractivity contribution is 5.97. The number of aldehydes is 1. The van der Waals surface area contributed by atoms with Gasteiger partial charge in [-0.1, -0.05) is 107 Å². The summed E-state index contributed by atoms with van der Waals surface area (Å²) in [5.74, 6) is 0.711. The van der Waals surface area contributed by atoms with Crippen molar-refractivity contribution >= 4 is 39.9 Å². The van der Waals surface area contributed by atoms with E-state index in [1.807, 2.05) is 103 Å². The van der Waals surface area contributed by atoms with Gasteiger partial charge in [-0.3, -0.25) is 14.4 Å². The van der Waals surface area contributed by atoms with E-state index < -0.39 is 0 Å². The Bertz CT molecular complexity index is 2470. The molecule has 290 valence electrons. The maximum absolute atomic E-state index is 12.2. The molecular weight excluding hydrogens is 721 g/mol. The molecule has 0 aliphatic carbocycles. The molecule has 4 aromatic heterocycles. The zero-order valence-corrected chi connectivity index (χ0v) is 31.2. The van der Waals surface area contributed by atoms with Crippen LogP contribution in [0.15, 0.2) is 143 Å². The van der Waals surface area contributed by atoms with E-state index in [2.05, 4.69) is 48.4 Å². The molecule has 0 bridgehead atoms. The number of benzene rings is 4. The van der Waals surface area contributed by atoms with Crippen LogP contribution in [0, 0.1) is 0 Å². The quantitative estimate of drug-likeness (QED) is 0.0493. The Morgan fingerprint density at radius 3 is 1.72 bits per heavy atom. The molecule has 4 heterocycles. The highest BCUT2D eigenvalue weighted by atomic mass is 16.5. The van der Waals surface area contributed by atoms with Gasteiger partial charge in [0.15, 0.2) is 29.2 Å². The van der Waals surface area contributed by atoms with Crippen LogP contribution in [0.3, 0.4) is 0 Å². The van der Waals surface area contributed by atoms with Crippen molar-refractivity contribution in [3.05, 3.63) is 156 Å².